The number of hydrogen-bond donors (Lipinski definition) is 0. The van der Waals surface area contributed by atoms with Gasteiger partial charge in [-0.1, -0.05) is 76.6 Å². The minimum Gasteiger partial charge on any atom is -0.0622 e. The standard InChI is InChI=1S/C19H17Br/c20-19-14-13-16(17-11-4-5-12-18(17)19)10-6-9-15-7-2-1-3-8-15/h1-5,7-8,11-14H,6,9-10H2. The summed E-state index contributed by atoms with van der Waals surface area (Å²) in [5, 5.41) is 2.68. The van der Waals surface area contributed by atoms with Crippen molar-refractivity contribution in [1.82, 2.24) is 0 Å². The normalized spacial score (nSPS) is 10.8. The summed E-state index contributed by atoms with van der Waals surface area (Å²) in [6.45, 7) is 0. The quantitative estimate of drug-likeness (QED) is 0.570. The number of benzene rings is 3. The topological polar surface area (TPSA) is 0 Å². The largest absolute Gasteiger partial charge is 0.0622 e. The highest BCUT2D eigenvalue weighted by molar-refractivity contribution is 9.10. The first kappa shape index (κ1) is 13.4. The van der Waals surface area contributed by atoms with Gasteiger partial charge in [-0.3, -0.25) is 0 Å². The molecule has 0 bridgehead atoms. The molecule has 0 aliphatic carbocycles. The third-order valence-electron chi connectivity index (χ3n) is 3.72. The maximum Gasteiger partial charge on any atom is 0.0253 e. The zero-order chi connectivity index (χ0) is 13.8. The molecular formula is C19H17Br. The van der Waals surface area contributed by atoms with Crippen molar-refractivity contribution in [3.63, 3.8) is 0 Å². The van der Waals surface area contributed by atoms with Gasteiger partial charge in [0.15, 0.2) is 0 Å². The average molecular weight is 325 g/mol. The third kappa shape index (κ3) is 2.94. The minimum absolute atomic E-state index is 1.13. The molecular weight excluding hydrogens is 308 g/mol. The lowest BCUT2D eigenvalue weighted by Gasteiger charge is -2.08. The van der Waals surface area contributed by atoms with Gasteiger partial charge in [0, 0.05) is 4.47 Å². The van der Waals surface area contributed by atoms with Crippen LogP contribution in [0.3, 0.4) is 0 Å². The fourth-order valence-electron chi connectivity index (χ4n) is 2.67. The molecule has 100 valence electrons. The molecule has 0 unspecified atom stereocenters. The summed E-state index contributed by atoms with van der Waals surface area (Å²) in [6, 6.07) is 23.8. The molecule has 3 rings (SSSR count). The summed E-state index contributed by atoms with van der Waals surface area (Å²) in [5.41, 5.74) is 2.87. The molecule has 0 fully saturated rings. The number of hydrogen-bond acceptors (Lipinski definition) is 0. The van der Waals surface area contributed by atoms with E-state index < -0.39 is 0 Å². The lowest BCUT2D eigenvalue weighted by atomic mass is 9.99. The predicted octanol–water partition coefficient (Wildman–Crippen LogP) is 5.78. The Morgan fingerprint density at radius 1 is 0.650 bits per heavy atom. The first-order valence-corrected chi connectivity index (χ1v) is 7.84. The van der Waals surface area contributed by atoms with Crippen LogP contribution in [0.2, 0.25) is 0 Å². The molecule has 0 spiro atoms. The van der Waals surface area contributed by atoms with Crippen LogP contribution in [0.1, 0.15) is 17.5 Å². The molecule has 0 amide bonds. The Morgan fingerprint density at radius 2 is 1.35 bits per heavy atom. The Labute approximate surface area is 128 Å². The summed E-state index contributed by atoms with van der Waals surface area (Å²) in [7, 11) is 0. The minimum atomic E-state index is 1.13. The van der Waals surface area contributed by atoms with Crippen molar-refractivity contribution in [3.05, 3.63) is 82.3 Å². The molecule has 0 aliphatic rings. The fraction of sp³-hybridized carbons (Fsp3) is 0.158. The van der Waals surface area contributed by atoms with E-state index in [0.717, 1.165) is 12.8 Å². The summed E-state index contributed by atoms with van der Waals surface area (Å²) < 4.78 is 1.18. The highest BCUT2D eigenvalue weighted by Gasteiger charge is 2.04. The molecule has 0 radical (unpaired) electrons. The van der Waals surface area contributed by atoms with Gasteiger partial charge in [-0.05, 0) is 47.2 Å². The van der Waals surface area contributed by atoms with Crippen LogP contribution in [0.4, 0.5) is 0 Å². The predicted molar refractivity (Wildman–Crippen MR) is 90.1 cm³/mol. The van der Waals surface area contributed by atoms with Crippen molar-refractivity contribution in [1.29, 1.82) is 0 Å². The Balaban J connectivity index is 1.77. The van der Waals surface area contributed by atoms with Gasteiger partial charge in [0.25, 0.3) is 0 Å². The maximum absolute atomic E-state index is 3.64. The molecule has 0 aromatic heterocycles. The molecule has 0 saturated heterocycles. The Bertz CT molecular complexity index is 701. The smallest absolute Gasteiger partial charge is 0.0253 e. The Kier molecular flexibility index (Phi) is 4.17. The number of rotatable bonds is 4. The average Bonchev–Trinajstić information content (AvgIpc) is 2.51. The zero-order valence-corrected chi connectivity index (χ0v) is 12.9. The Morgan fingerprint density at radius 3 is 2.15 bits per heavy atom. The molecule has 0 heterocycles. The molecule has 0 aliphatic heterocycles. The van der Waals surface area contributed by atoms with Gasteiger partial charge in [-0.25, -0.2) is 0 Å². The highest BCUT2D eigenvalue weighted by atomic mass is 79.9. The van der Waals surface area contributed by atoms with Crippen LogP contribution in [-0.4, -0.2) is 0 Å². The first-order chi connectivity index (χ1) is 9.84. The maximum atomic E-state index is 3.64. The van der Waals surface area contributed by atoms with Crippen LogP contribution in [0, 0.1) is 0 Å². The lowest BCUT2D eigenvalue weighted by molar-refractivity contribution is 0.825. The lowest BCUT2D eigenvalue weighted by Crippen LogP contribution is -1.91. The van der Waals surface area contributed by atoms with E-state index in [2.05, 4.69) is 82.7 Å². The third-order valence-corrected chi connectivity index (χ3v) is 4.41. The van der Waals surface area contributed by atoms with Crippen LogP contribution < -0.4 is 0 Å². The van der Waals surface area contributed by atoms with E-state index in [1.165, 1.54) is 32.8 Å². The second-order valence-electron chi connectivity index (χ2n) is 5.09. The highest BCUT2D eigenvalue weighted by Crippen LogP contribution is 2.27. The molecule has 0 N–H and O–H groups in total. The van der Waals surface area contributed by atoms with E-state index in [0.29, 0.717) is 0 Å². The van der Waals surface area contributed by atoms with Crippen molar-refractivity contribution in [2.24, 2.45) is 0 Å². The molecule has 1 heteroatoms. The van der Waals surface area contributed by atoms with Crippen LogP contribution >= 0.6 is 15.9 Å². The zero-order valence-electron chi connectivity index (χ0n) is 11.4. The second-order valence-corrected chi connectivity index (χ2v) is 5.95. The van der Waals surface area contributed by atoms with Crippen LogP contribution in [-0.2, 0) is 12.8 Å². The van der Waals surface area contributed by atoms with E-state index in [4.69, 9.17) is 0 Å². The molecule has 0 saturated carbocycles. The van der Waals surface area contributed by atoms with Gasteiger partial charge < -0.3 is 0 Å². The van der Waals surface area contributed by atoms with E-state index in [1.54, 1.807) is 0 Å². The molecule has 20 heavy (non-hydrogen) atoms. The van der Waals surface area contributed by atoms with E-state index in [-0.39, 0.29) is 0 Å². The van der Waals surface area contributed by atoms with Crippen molar-refractivity contribution in [3.8, 4) is 0 Å². The van der Waals surface area contributed by atoms with E-state index in [9.17, 15) is 0 Å². The summed E-state index contributed by atoms with van der Waals surface area (Å²) in [4.78, 5) is 0. The van der Waals surface area contributed by atoms with Gasteiger partial charge in [0.05, 0.1) is 0 Å². The van der Waals surface area contributed by atoms with Gasteiger partial charge in [-0.15, -0.1) is 0 Å². The number of aryl methyl sites for hydroxylation is 2. The van der Waals surface area contributed by atoms with E-state index >= 15 is 0 Å². The Hall–Kier alpha value is -1.60. The molecule has 0 atom stereocenters. The van der Waals surface area contributed by atoms with E-state index in [1.807, 2.05) is 0 Å². The monoisotopic (exact) mass is 324 g/mol. The van der Waals surface area contributed by atoms with Crippen molar-refractivity contribution in [2.45, 2.75) is 19.3 Å². The van der Waals surface area contributed by atoms with Gasteiger partial charge in [0.1, 0.15) is 0 Å². The van der Waals surface area contributed by atoms with Crippen molar-refractivity contribution in [2.75, 3.05) is 0 Å². The van der Waals surface area contributed by atoms with Gasteiger partial charge in [0.2, 0.25) is 0 Å². The first-order valence-electron chi connectivity index (χ1n) is 7.04. The van der Waals surface area contributed by atoms with Crippen molar-refractivity contribution >= 4 is 26.7 Å². The van der Waals surface area contributed by atoms with Crippen LogP contribution in [0.5, 0.6) is 0 Å². The van der Waals surface area contributed by atoms with Gasteiger partial charge in [-0.2, -0.15) is 0 Å². The summed E-state index contributed by atoms with van der Waals surface area (Å²) in [6.07, 6.45) is 3.46. The summed E-state index contributed by atoms with van der Waals surface area (Å²) in [5.74, 6) is 0. The van der Waals surface area contributed by atoms with Crippen LogP contribution in [0.15, 0.2) is 71.2 Å². The summed E-state index contributed by atoms with van der Waals surface area (Å²) >= 11 is 3.64. The number of fused-ring (bicyclic) bond motifs is 1. The van der Waals surface area contributed by atoms with Crippen LogP contribution in [0.25, 0.3) is 10.8 Å². The SMILES string of the molecule is Brc1ccc(CCCc2ccccc2)c2ccccc12. The fourth-order valence-corrected chi connectivity index (χ4v) is 3.15. The molecule has 0 nitrogen and oxygen atoms in total. The van der Waals surface area contributed by atoms with Crippen molar-refractivity contribution < 1.29 is 0 Å². The molecule has 3 aromatic carbocycles. The number of halogens is 1. The molecule has 3 aromatic rings. The second kappa shape index (κ2) is 6.23. The van der Waals surface area contributed by atoms with Gasteiger partial charge >= 0.3 is 0 Å².